The minimum Gasteiger partial charge on any atom is -0.323 e. The predicted molar refractivity (Wildman–Crippen MR) is 76.6 cm³/mol. The standard InChI is InChI=1S/C16H28N2O/c1-4-13-7-8-14(11(13)2)18-12(3)17-16(15(18)19)9-5-6-10-16/h11-14,17H,4-10H2,1-3H3. The van der Waals surface area contributed by atoms with Gasteiger partial charge in [-0.15, -0.1) is 0 Å². The average Bonchev–Trinajstić information content (AvgIpc) is 3.04. The first-order valence-corrected chi connectivity index (χ1v) is 8.19. The van der Waals surface area contributed by atoms with Crippen LogP contribution in [0.2, 0.25) is 0 Å². The van der Waals surface area contributed by atoms with E-state index in [-0.39, 0.29) is 11.7 Å². The van der Waals surface area contributed by atoms with Crippen LogP contribution in [-0.4, -0.2) is 28.6 Å². The number of carbonyl (C=O) groups is 1. The van der Waals surface area contributed by atoms with Gasteiger partial charge in [-0.2, -0.15) is 0 Å². The van der Waals surface area contributed by atoms with Crippen molar-refractivity contribution < 1.29 is 4.79 Å². The lowest BCUT2D eigenvalue weighted by molar-refractivity contribution is -0.135. The van der Waals surface area contributed by atoms with Gasteiger partial charge in [0.05, 0.1) is 11.7 Å². The molecule has 0 radical (unpaired) electrons. The largest absolute Gasteiger partial charge is 0.323 e. The van der Waals surface area contributed by atoms with E-state index in [1.54, 1.807) is 0 Å². The number of rotatable bonds is 2. The lowest BCUT2D eigenvalue weighted by Gasteiger charge is -2.32. The molecule has 1 saturated heterocycles. The molecule has 1 spiro atoms. The summed E-state index contributed by atoms with van der Waals surface area (Å²) >= 11 is 0. The maximum Gasteiger partial charge on any atom is 0.244 e. The Hall–Kier alpha value is -0.570. The Bertz CT molecular complexity index is 362. The van der Waals surface area contributed by atoms with Crippen molar-refractivity contribution in [3.05, 3.63) is 0 Å². The van der Waals surface area contributed by atoms with Crippen LogP contribution in [0, 0.1) is 11.8 Å². The normalized spacial score (nSPS) is 41.6. The molecule has 0 aromatic heterocycles. The Morgan fingerprint density at radius 2 is 1.95 bits per heavy atom. The zero-order chi connectivity index (χ0) is 13.6. The minimum absolute atomic E-state index is 0.191. The molecule has 3 aliphatic rings. The minimum atomic E-state index is -0.191. The summed E-state index contributed by atoms with van der Waals surface area (Å²) in [6, 6.07) is 0.472. The van der Waals surface area contributed by atoms with Crippen LogP contribution in [0.1, 0.15) is 65.7 Å². The Labute approximate surface area is 117 Å². The van der Waals surface area contributed by atoms with E-state index >= 15 is 0 Å². The topological polar surface area (TPSA) is 32.3 Å². The van der Waals surface area contributed by atoms with E-state index in [0.29, 0.717) is 17.9 Å². The monoisotopic (exact) mass is 264 g/mol. The van der Waals surface area contributed by atoms with Crippen LogP contribution in [0.4, 0.5) is 0 Å². The molecule has 2 saturated carbocycles. The smallest absolute Gasteiger partial charge is 0.244 e. The van der Waals surface area contributed by atoms with Crippen LogP contribution in [-0.2, 0) is 4.79 Å². The lowest BCUT2D eigenvalue weighted by atomic mass is 9.92. The highest BCUT2D eigenvalue weighted by Gasteiger charge is 2.54. The highest BCUT2D eigenvalue weighted by atomic mass is 16.2. The molecule has 4 unspecified atom stereocenters. The van der Waals surface area contributed by atoms with Gasteiger partial charge in [-0.3, -0.25) is 10.1 Å². The molecule has 0 aromatic rings. The van der Waals surface area contributed by atoms with Crippen molar-refractivity contribution in [1.29, 1.82) is 0 Å². The van der Waals surface area contributed by atoms with Crippen molar-refractivity contribution in [2.75, 3.05) is 0 Å². The molecule has 1 amide bonds. The summed E-state index contributed by atoms with van der Waals surface area (Å²) in [4.78, 5) is 15.1. The van der Waals surface area contributed by atoms with E-state index in [4.69, 9.17) is 0 Å². The summed E-state index contributed by atoms with van der Waals surface area (Å²) in [5, 5.41) is 3.64. The molecule has 0 aromatic carbocycles. The fraction of sp³-hybridized carbons (Fsp3) is 0.938. The Kier molecular flexibility index (Phi) is 3.36. The van der Waals surface area contributed by atoms with Crippen molar-refractivity contribution in [2.24, 2.45) is 11.8 Å². The fourth-order valence-electron chi connectivity index (χ4n) is 4.92. The maximum atomic E-state index is 12.9. The van der Waals surface area contributed by atoms with E-state index in [2.05, 4.69) is 31.0 Å². The van der Waals surface area contributed by atoms with Gasteiger partial charge in [0, 0.05) is 6.04 Å². The van der Waals surface area contributed by atoms with Gasteiger partial charge in [-0.1, -0.05) is 33.1 Å². The van der Waals surface area contributed by atoms with E-state index in [0.717, 1.165) is 18.8 Å². The highest BCUT2D eigenvalue weighted by Crippen LogP contribution is 2.43. The lowest BCUT2D eigenvalue weighted by Crippen LogP contribution is -2.46. The van der Waals surface area contributed by atoms with Gasteiger partial charge < -0.3 is 4.90 Å². The first-order chi connectivity index (χ1) is 9.09. The third-order valence-corrected chi connectivity index (χ3v) is 6.07. The van der Waals surface area contributed by atoms with Gasteiger partial charge in [0.15, 0.2) is 0 Å². The van der Waals surface area contributed by atoms with E-state index < -0.39 is 0 Å². The molecular formula is C16H28N2O. The molecule has 3 rings (SSSR count). The summed E-state index contributed by atoms with van der Waals surface area (Å²) < 4.78 is 0. The fourth-order valence-corrected chi connectivity index (χ4v) is 4.92. The van der Waals surface area contributed by atoms with Crippen molar-refractivity contribution >= 4 is 5.91 Å². The van der Waals surface area contributed by atoms with Crippen molar-refractivity contribution in [3.63, 3.8) is 0 Å². The second kappa shape index (κ2) is 4.76. The summed E-state index contributed by atoms with van der Waals surface area (Å²) in [6.07, 6.45) is 8.49. The summed E-state index contributed by atoms with van der Waals surface area (Å²) in [6.45, 7) is 6.82. The van der Waals surface area contributed by atoms with E-state index in [1.165, 1.54) is 32.1 Å². The third-order valence-electron chi connectivity index (χ3n) is 6.07. The van der Waals surface area contributed by atoms with Crippen molar-refractivity contribution in [2.45, 2.75) is 83.5 Å². The SMILES string of the molecule is CCC1CCC(N2C(=O)C3(CCCC3)NC2C)C1C. The van der Waals surface area contributed by atoms with Crippen molar-refractivity contribution in [1.82, 2.24) is 10.2 Å². The van der Waals surface area contributed by atoms with Crippen LogP contribution in [0.5, 0.6) is 0 Å². The van der Waals surface area contributed by atoms with Gasteiger partial charge in [0.25, 0.3) is 0 Å². The van der Waals surface area contributed by atoms with Crippen LogP contribution in [0.3, 0.4) is 0 Å². The summed E-state index contributed by atoms with van der Waals surface area (Å²) in [7, 11) is 0. The zero-order valence-corrected chi connectivity index (χ0v) is 12.6. The molecule has 108 valence electrons. The van der Waals surface area contributed by atoms with Gasteiger partial charge >= 0.3 is 0 Å². The Morgan fingerprint density at radius 1 is 1.26 bits per heavy atom. The molecule has 1 heterocycles. The Morgan fingerprint density at radius 3 is 2.53 bits per heavy atom. The third kappa shape index (κ3) is 1.93. The van der Waals surface area contributed by atoms with Crippen LogP contribution in [0.25, 0.3) is 0 Å². The molecule has 1 aliphatic heterocycles. The molecule has 1 N–H and O–H groups in total. The van der Waals surface area contributed by atoms with Gasteiger partial charge in [-0.25, -0.2) is 0 Å². The van der Waals surface area contributed by atoms with Crippen molar-refractivity contribution in [3.8, 4) is 0 Å². The molecule has 19 heavy (non-hydrogen) atoms. The van der Waals surface area contributed by atoms with Gasteiger partial charge in [-0.05, 0) is 44.4 Å². The first-order valence-electron chi connectivity index (χ1n) is 8.19. The second-order valence-electron chi connectivity index (χ2n) is 6.99. The summed E-state index contributed by atoms with van der Waals surface area (Å²) in [5.74, 6) is 1.88. The zero-order valence-electron chi connectivity index (χ0n) is 12.6. The highest BCUT2D eigenvalue weighted by molar-refractivity contribution is 5.89. The van der Waals surface area contributed by atoms with Crippen LogP contribution < -0.4 is 5.32 Å². The average molecular weight is 264 g/mol. The maximum absolute atomic E-state index is 12.9. The molecule has 4 atom stereocenters. The van der Waals surface area contributed by atoms with E-state index in [9.17, 15) is 4.79 Å². The molecule has 3 fully saturated rings. The second-order valence-corrected chi connectivity index (χ2v) is 6.99. The molecule has 2 aliphatic carbocycles. The predicted octanol–water partition coefficient (Wildman–Crippen LogP) is 2.90. The number of carbonyl (C=O) groups excluding carboxylic acids is 1. The Balaban J connectivity index is 1.80. The quantitative estimate of drug-likeness (QED) is 0.831. The van der Waals surface area contributed by atoms with Gasteiger partial charge in [0.2, 0.25) is 5.91 Å². The van der Waals surface area contributed by atoms with Gasteiger partial charge in [0.1, 0.15) is 0 Å². The number of amides is 1. The molecule has 3 heteroatoms. The number of nitrogens with zero attached hydrogens (tertiary/aromatic N) is 1. The molecule has 3 nitrogen and oxygen atoms in total. The van der Waals surface area contributed by atoms with Crippen LogP contribution in [0.15, 0.2) is 0 Å². The van der Waals surface area contributed by atoms with E-state index in [1.807, 2.05) is 0 Å². The molecular weight excluding hydrogens is 236 g/mol. The number of nitrogens with one attached hydrogen (secondary N) is 1. The molecule has 0 bridgehead atoms. The summed E-state index contributed by atoms with van der Waals surface area (Å²) in [5.41, 5.74) is -0.191. The number of hydrogen-bond acceptors (Lipinski definition) is 2. The van der Waals surface area contributed by atoms with Crippen LogP contribution >= 0.6 is 0 Å². The first kappa shape index (κ1) is 13.4. The number of hydrogen-bond donors (Lipinski definition) is 1.